The van der Waals surface area contributed by atoms with Crippen LogP contribution >= 0.6 is 0 Å². The first kappa shape index (κ1) is 12.6. The van der Waals surface area contributed by atoms with E-state index in [4.69, 9.17) is 4.52 Å². The van der Waals surface area contributed by atoms with Gasteiger partial charge in [0.1, 0.15) is 0 Å². The molecule has 0 aliphatic heterocycles. The van der Waals surface area contributed by atoms with Crippen LogP contribution in [0.15, 0.2) is 4.52 Å². The summed E-state index contributed by atoms with van der Waals surface area (Å²) in [6, 6.07) is 0. The molecule has 1 aromatic rings. The second-order valence-corrected chi connectivity index (χ2v) is 6.25. The third-order valence-electron chi connectivity index (χ3n) is 3.81. The van der Waals surface area contributed by atoms with Gasteiger partial charge in [0, 0.05) is 5.92 Å². The van der Waals surface area contributed by atoms with E-state index in [1.165, 1.54) is 0 Å². The molecule has 3 unspecified atom stereocenters. The molecule has 1 saturated carbocycles. The lowest BCUT2D eigenvalue weighted by atomic mass is 9.91. The first-order valence-corrected chi connectivity index (χ1v) is 6.34. The third kappa shape index (κ3) is 2.37. The number of rotatable bonds is 4. The van der Waals surface area contributed by atoms with Crippen molar-refractivity contribution >= 4 is 0 Å². The topological polar surface area (TPSA) is 59.2 Å². The van der Waals surface area contributed by atoms with E-state index in [9.17, 15) is 5.11 Å². The quantitative estimate of drug-likeness (QED) is 0.876. The van der Waals surface area contributed by atoms with Gasteiger partial charge in [-0.15, -0.1) is 0 Å². The molecule has 0 spiro atoms. The Bertz CT molecular complexity index is 388. The van der Waals surface area contributed by atoms with Gasteiger partial charge >= 0.3 is 0 Å². The summed E-state index contributed by atoms with van der Waals surface area (Å²) in [6.07, 6.45) is 0.656. The molecule has 3 atom stereocenters. The Labute approximate surface area is 102 Å². The van der Waals surface area contributed by atoms with Gasteiger partial charge in [0.05, 0.1) is 12.0 Å². The summed E-state index contributed by atoms with van der Waals surface area (Å²) in [4.78, 5) is 4.47. The standard InChI is InChI=1S/C13H22N2O2/c1-7(2)10(8(3)16)12-14-11(15-17-12)9-6-13(9,4)5/h7-10,16H,6H2,1-5H3. The van der Waals surface area contributed by atoms with Crippen LogP contribution in [0, 0.1) is 11.3 Å². The Morgan fingerprint density at radius 3 is 2.35 bits per heavy atom. The van der Waals surface area contributed by atoms with Gasteiger partial charge in [-0.2, -0.15) is 4.98 Å². The van der Waals surface area contributed by atoms with E-state index in [2.05, 4.69) is 37.8 Å². The second kappa shape index (κ2) is 4.09. The van der Waals surface area contributed by atoms with Gasteiger partial charge < -0.3 is 9.63 Å². The highest BCUT2D eigenvalue weighted by Crippen LogP contribution is 2.57. The molecule has 1 heterocycles. The lowest BCUT2D eigenvalue weighted by Gasteiger charge is -2.19. The minimum absolute atomic E-state index is 0.0712. The highest BCUT2D eigenvalue weighted by atomic mass is 16.5. The van der Waals surface area contributed by atoms with Gasteiger partial charge in [-0.1, -0.05) is 32.9 Å². The van der Waals surface area contributed by atoms with Crippen LogP contribution in [0.5, 0.6) is 0 Å². The molecule has 1 aliphatic rings. The molecular formula is C13H22N2O2. The lowest BCUT2D eigenvalue weighted by Crippen LogP contribution is -2.20. The van der Waals surface area contributed by atoms with Gasteiger partial charge in [0.25, 0.3) is 0 Å². The van der Waals surface area contributed by atoms with Crippen molar-refractivity contribution in [2.24, 2.45) is 11.3 Å². The zero-order valence-corrected chi connectivity index (χ0v) is 11.3. The molecule has 17 heavy (non-hydrogen) atoms. The maximum Gasteiger partial charge on any atom is 0.232 e. The predicted molar refractivity (Wildman–Crippen MR) is 64.7 cm³/mol. The molecule has 1 fully saturated rings. The van der Waals surface area contributed by atoms with E-state index in [0.29, 0.717) is 17.2 Å². The molecule has 1 N–H and O–H groups in total. The van der Waals surface area contributed by atoms with Gasteiger partial charge in [-0.05, 0) is 24.7 Å². The fourth-order valence-corrected chi connectivity index (χ4v) is 2.48. The molecule has 0 amide bonds. The van der Waals surface area contributed by atoms with Crippen LogP contribution in [0.4, 0.5) is 0 Å². The number of aliphatic hydroxyl groups excluding tert-OH is 1. The van der Waals surface area contributed by atoms with Crippen LogP contribution < -0.4 is 0 Å². The Kier molecular flexibility index (Phi) is 3.02. The van der Waals surface area contributed by atoms with Crippen molar-refractivity contribution < 1.29 is 9.63 Å². The van der Waals surface area contributed by atoms with Crippen LogP contribution in [0.2, 0.25) is 0 Å². The van der Waals surface area contributed by atoms with Gasteiger partial charge in [-0.25, -0.2) is 0 Å². The zero-order chi connectivity index (χ0) is 12.8. The Morgan fingerprint density at radius 1 is 1.35 bits per heavy atom. The second-order valence-electron chi connectivity index (χ2n) is 6.25. The fraction of sp³-hybridized carbons (Fsp3) is 0.846. The summed E-state index contributed by atoms with van der Waals surface area (Å²) in [6.45, 7) is 10.3. The fourth-order valence-electron chi connectivity index (χ4n) is 2.48. The number of nitrogens with zero attached hydrogens (tertiary/aromatic N) is 2. The molecular weight excluding hydrogens is 216 g/mol. The Morgan fingerprint density at radius 2 is 1.94 bits per heavy atom. The highest BCUT2D eigenvalue weighted by molar-refractivity contribution is 5.15. The van der Waals surface area contributed by atoms with Crippen LogP contribution in [-0.4, -0.2) is 21.4 Å². The van der Waals surface area contributed by atoms with Gasteiger partial charge in [0.2, 0.25) is 5.89 Å². The first-order valence-electron chi connectivity index (χ1n) is 6.34. The minimum atomic E-state index is -0.462. The van der Waals surface area contributed by atoms with Crippen LogP contribution in [0.25, 0.3) is 0 Å². The van der Waals surface area contributed by atoms with Crippen LogP contribution in [-0.2, 0) is 0 Å². The van der Waals surface area contributed by atoms with Crippen LogP contribution in [0.1, 0.15) is 64.6 Å². The molecule has 0 bridgehead atoms. The average molecular weight is 238 g/mol. The summed E-state index contributed by atoms with van der Waals surface area (Å²) in [5.41, 5.74) is 0.305. The van der Waals surface area contributed by atoms with E-state index in [1.807, 2.05) is 0 Å². The number of hydrogen-bond acceptors (Lipinski definition) is 4. The molecule has 4 nitrogen and oxygen atoms in total. The molecule has 0 aromatic carbocycles. The van der Waals surface area contributed by atoms with E-state index in [-0.39, 0.29) is 11.8 Å². The molecule has 1 aromatic heterocycles. The molecule has 4 heteroatoms. The number of aromatic nitrogens is 2. The average Bonchev–Trinajstić information content (AvgIpc) is 2.61. The van der Waals surface area contributed by atoms with Gasteiger partial charge in [0.15, 0.2) is 5.82 Å². The van der Waals surface area contributed by atoms with Crippen molar-refractivity contribution in [2.75, 3.05) is 0 Å². The summed E-state index contributed by atoms with van der Waals surface area (Å²) in [5.74, 6) is 2.01. The smallest absolute Gasteiger partial charge is 0.232 e. The van der Waals surface area contributed by atoms with Crippen molar-refractivity contribution in [3.05, 3.63) is 11.7 Å². The zero-order valence-electron chi connectivity index (χ0n) is 11.3. The normalized spacial score (nSPS) is 25.9. The summed E-state index contributed by atoms with van der Waals surface area (Å²) >= 11 is 0. The molecule has 2 rings (SSSR count). The number of aliphatic hydroxyl groups is 1. The van der Waals surface area contributed by atoms with E-state index < -0.39 is 6.10 Å². The van der Waals surface area contributed by atoms with Crippen molar-refractivity contribution in [1.82, 2.24) is 10.1 Å². The monoisotopic (exact) mass is 238 g/mol. The van der Waals surface area contributed by atoms with Gasteiger partial charge in [-0.3, -0.25) is 0 Å². The molecule has 1 aliphatic carbocycles. The highest BCUT2D eigenvalue weighted by Gasteiger charge is 2.49. The minimum Gasteiger partial charge on any atom is -0.393 e. The largest absolute Gasteiger partial charge is 0.393 e. The van der Waals surface area contributed by atoms with Crippen LogP contribution in [0.3, 0.4) is 0 Å². The third-order valence-corrected chi connectivity index (χ3v) is 3.81. The summed E-state index contributed by atoms with van der Waals surface area (Å²) < 4.78 is 5.32. The summed E-state index contributed by atoms with van der Waals surface area (Å²) in [5, 5.41) is 13.8. The Balaban J connectivity index is 2.17. The molecule has 96 valence electrons. The Hall–Kier alpha value is -0.900. The predicted octanol–water partition coefficient (Wildman–Crippen LogP) is 2.70. The first-order chi connectivity index (χ1) is 7.83. The van der Waals surface area contributed by atoms with E-state index in [1.54, 1.807) is 6.92 Å². The maximum absolute atomic E-state index is 9.77. The van der Waals surface area contributed by atoms with Crippen molar-refractivity contribution in [2.45, 2.75) is 59.0 Å². The number of hydrogen-bond donors (Lipinski definition) is 1. The van der Waals surface area contributed by atoms with Crippen molar-refractivity contribution in [3.63, 3.8) is 0 Å². The summed E-state index contributed by atoms with van der Waals surface area (Å²) in [7, 11) is 0. The van der Waals surface area contributed by atoms with E-state index >= 15 is 0 Å². The van der Waals surface area contributed by atoms with E-state index in [0.717, 1.165) is 12.2 Å². The SMILES string of the molecule is CC(C)C(c1nc(C2CC2(C)C)no1)C(C)O. The molecule has 0 radical (unpaired) electrons. The maximum atomic E-state index is 9.77. The van der Waals surface area contributed by atoms with Crippen molar-refractivity contribution in [1.29, 1.82) is 0 Å². The van der Waals surface area contributed by atoms with Crippen molar-refractivity contribution in [3.8, 4) is 0 Å². The lowest BCUT2D eigenvalue weighted by molar-refractivity contribution is 0.120. The molecule has 0 saturated heterocycles.